The van der Waals surface area contributed by atoms with E-state index in [0.717, 1.165) is 5.69 Å². The van der Waals surface area contributed by atoms with Crippen LogP contribution in [0.3, 0.4) is 0 Å². The molecule has 3 rings (SSSR count). The third-order valence-corrected chi connectivity index (χ3v) is 4.09. The molecular weight excluding hydrogens is 309 g/mol. The van der Waals surface area contributed by atoms with E-state index in [2.05, 4.69) is 10.4 Å². The summed E-state index contributed by atoms with van der Waals surface area (Å²) < 4.78 is 21.1. The van der Waals surface area contributed by atoms with Crippen molar-refractivity contribution in [3.8, 4) is 5.75 Å². The van der Waals surface area contributed by atoms with E-state index < -0.39 is 5.82 Å². The fourth-order valence-electron chi connectivity index (χ4n) is 3.03. The number of aryl methyl sites for hydroxylation is 1. The summed E-state index contributed by atoms with van der Waals surface area (Å²) in [5.41, 5.74) is 1.76. The first-order valence-electron chi connectivity index (χ1n) is 8.06. The number of halogens is 1. The van der Waals surface area contributed by atoms with Crippen molar-refractivity contribution in [1.82, 2.24) is 15.1 Å². The number of hydrogen-bond donors (Lipinski definition) is 1. The topological polar surface area (TPSA) is 56.1 Å². The quantitative estimate of drug-likeness (QED) is 0.918. The van der Waals surface area contributed by atoms with E-state index in [-0.39, 0.29) is 23.2 Å². The van der Waals surface area contributed by atoms with Crippen LogP contribution in [-0.2, 0) is 5.54 Å². The number of amides is 1. The van der Waals surface area contributed by atoms with Gasteiger partial charge in [-0.15, -0.1) is 0 Å². The predicted molar refractivity (Wildman–Crippen MR) is 88.7 cm³/mol. The molecule has 0 radical (unpaired) electrons. The van der Waals surface area contributed by atoms with Crippen molar-refractivity contribution >= 4 is 5.91 Å². The van der Waals surface area contributed by atoms with Gasteiger partial charge >= 0.3 is 0 Å². The SMILES string of the molecule is Cc1cc(C(=O)N[C@@H]2CCOc3c(F)cccc32)nn1C(C)(C)C. The van der Waals surface area contributed by atoms with Gasteiger partial charge in [-0.05, 0) is 39.8 Å². The van der Waals surface area contributed by atoms with Crippen molar-refractivity contribution in [1.29, 1.82) is 0 Å². The molecule has 1 aliphatic rings. The Labute approximate surface area is 140 Å². The Morgan fingerprint density at radius 1 is 1.42 bits per heavy atom. The second kappa shape index (κ2) is 5.92. The molecule has 24 heavy (non-hydrogen) atoms. The molecule has 1 aromatic carbocycles. The first-order valence-corrected chi connectivity index (χ1v) is 8.06. The van der Waals surface area contributed by atoms with Gasteiger partial charge in [0.05, 0.1) is 18.2 Å². The fourth-order valence-corrected chi connectivity index (χ4v) is 3.03. The van der Waals surface area contributed by atoms with Gasteiger partial charge in [-0.25, -0.2) is 4.39 Å². The van der Waals surface area contributed by atoms with E-state index in [9.17, 15) is 9.18 Å². The Balaban J connectivity index is 1.83. The number of nitrogens with zero attached hydrogens (tertiary/aromatic N) is 2. The van der Waals surface area contributed by atoms with Crippen LogP contribution >= 0.6 is 0 Å². The van der Waals surface area contributed by atoms with Crippen LogP contribution in [0.15, 0.2) is 24.3 Å². The van der Waals surface area contributed by atoms with Crippen molar-refractivity contribution < 1.29 is 13.9 Å². The fraction of sp³-hybridized carbons (Fsp3) is 0.444. The zero-order valence-electron chi connectivity index (χ0n) is 14.4. The van der Waals surface area contributed by atoms with Crippen LogP contribution in [0.1, 0.15) is 55.0 Å². The van der Waals surface area contributed by atoms with Gasteiger partial charge in [0.2, 0.25) is 0 Å². The minimum Gasteiger partial charge on any atom is -0.490 e. The molecule has 1 amide bonds. The van der Waals surface area contributed by atoms with Crippen molar-refractivity contribution in [3.05, 3.63) is 47.0 Å². The maximum absolute atomic E-state index is 13.8. The number of fused-ring (bicyclic) bond motifs is 1. The summed E-state index contributed by atoms with van der Waals surface area (Å²) in [6.45, 7) is 8.40. The summed E-state index contributed by atoms with van der Waals surface area (Å²) in [4.78, 5) is 12.6. The Hall–Kier alpha value is -2.37. The lowest BCUT2D eigenvalue weighted by molar-refractivity contribution is 0.0917. The molecule has 2 aromatic rings. The molecule has 1 N–H and O–H groups in total. The van der Waals surface area contributed by atoms with Gasteiger partial charge in [0, 0.05) is 17.7 Å². The number of nitrogens with one attached hydrogen (secondary N) is 1. The average molecular weight is 331 g/mol. The summed E-state index contributed by atoms with van der Waals surface area (Å²) >= 11 is 0. The minimum atomic E-state index is -0.403. The minimum absolute atomic E-state index is 0.197. The number of carbonyl (C=O) groups excluding carboxylic acids is 1. The summed E-state index contributed by atoms with van der Waals surface area (Å²) in [7, 11) is 0. The molecule has 1 atom stereocenters. The van der Waals surface area contributed by atoms with Gasteiger partial charge in [0.25, 0.3) is 5.91 Å². The zero-order chi connectivity index (χ0) is 17.5. The Morgan fingerprint density at radius 3 is 2.83 bits per heavy atom. The Kier molecular flexibility index (Phi) is 4.07. The highest BCUT2D eigenvalue weighted by molar-refractivity contribution is 5.92. The molecule has 128 valence electrons. The van der Waals surface area contributed by atoms with Crippen molar-refractivity contribution in [2.24, 2.45) is 0 Å². The number of ether oxygens (including phenoxy) is 1. The molecule has 6 heteroatoms. The van der Waals surface area contributed by atoms with Gasteiger partial charge in [0.1, 0.15) is 5.69 Å². The lowest BCUT2D eigenvalue weighted by atomic mass is 10.00. The molecule has 1 aromatic heterocycles. The standard InChI is InChI=1S/C18H22FN3O2/c1-11-10-15(21-22(11)18(2,3)4)17(23)20-14-8-9-24-16-12(14)6-5-7-13(16)19/h5-7,10,14H,8-9H2,1-4H3,(H,20,23)/t14-/m1/s1. The third kappa shape index (κ3) is 3.00. The molecule has 0 bridgehead atoms. The Morgan fingerprint density at radius 2 is 2.17 bits per heavy atom. The molecule has 0 saturated carbocycles. The van der Waals surface area contributed by atoms with Crippen LogP contribution in [0.4, 0.5) is 4.39 Å². The highest BCUT2D eigenvalue weighted by Crippen LogP contribution is 2.34. The number of rotatable bonds is 2. The van der Waals surface area contributed by atoms with E-state index in [4.69, 9.17) is 4.74 Å². The number of carbonyl (C=O) groups is 1. The van der Waals surface area contributed by atoms with Gasteiger partial charge in [-0.2, -0.15) is 5.10 Å². The molecule has 0 saturated heterocycles. The van der Waals surface area contributed by atoms with Crippen LogP contribution in [0, 0.1) is 12.7 Å². The van der Waals surface area contributed by atoms with Crippen molar-refractivity contribution in [2.45, 2.75) is 45.7 Å². The average Bonchev–Trinajstić information content (AvgIpc) is 2.91. The highest BCUT2D eigenvalue weighted by Gasteiger charge is 2.27. The molecular formula is C18H22FN3O2. The predicted octanol–water partition coefficient (Wildman–Crippen LogP) is 3.34. The molecule has 2 heterocycles. The Bertz CT molecular complexity index is 777. The van der Waals surface area contributed by atoms with Crippen LogP contribution in [0.25, 0.3) is 0 Å². The van der Waals surface area contributed by atoms with Crippen LogP contribution < -0.4 is 10.1 Å². The monoisotopic (exact) mass is 331 g/mol. The summed E-state index contributed by atoms with van der Waals surface area (Å²) in [6.07, 6.45) is 0.598. The van der Waals surface area contributed by atoms with Crippen molar-refractivity contribution in [3.63, 3.8) is 0 Å². The maximum atomic E-state index is 13.8. The first kappa shape index (κ1) is 16.5. The van der Waals surface area contributed by atoms with Crippen LogP contribution in [0.2, 0.25) is 0 Å². The number of benzene rings is 1. The van der Waals surface area contributed by atoms with Gasteiger partial charge in [-0.3, -0.25) is 9.48 Å². The lowest BCUT2D eigenvalue weighted by Gasteiger charge is -2.26. The van der Waals surface area contributed by atoms with E-state index in [1.165, 1.54) is 6.07 Å². The second-order valence-corrected chi connectivity index (χ2v) is 7.07. The number of para-hydroxylation sites is 1. The molecule has 0 unspecified atom stereocenters. The first-order chi connectivity index (χ1) is 11.3. The lowest BCUT2D eigenvalue weighted by Crippen LogP contribution is -2.33. The maximum Gasteiger partial charge on any atom is 0.272 e. The van der Waals surface area contributed by atoms with E-state index in [1.807, 2.05) is 32.4 Å². The molecule has 1 aliphatic heterocycles. The second-order valence-electron chi connectivity index (χ2n) is 7.07. The van der Waals surface area contributed by atoms with Crippen LogP contribution in [-0.4, -0.2) is 22.3 Å². The van der Waals surface area contributed by atoms with E-state index >= 15 is 0 Å². The number of hydrogen-bond acceptors (Lipinski definition) is 3. The summed E-state index contributed by atoms with van der Waals surface area (Å²) in [5.74, 6) is -0.437. The van der Waals surface area contributed by atoms with Crippen molar-refractivity contribution in [2.75, 3.05) is 6.61 Å². The van der Waals surface area contributed by atoms with Gasteiger partial charge < -0.3 is 10.1 Å². The third-order valence-electron chi connectivity index (χ3n) is 4.09. The molecule has 0 fully saturated rings. The zero-order valence-corrected chi connectivity index (χ0v) is 14.4. The molecule has 0 aliphatic carbocycles. The van der Waals surface area contributed by atoms with Crippen LogP contribution in [0.5, 0.6) is 5.75 Å². The highest BCUT2D eigenvalue weighted by atomic mass is 19.1. The molecule has 0 spiro atoms. The summed E-state index contributed by atoms with van der Waals surface area (Å²) in [6, 6.07) is 6.25. The normalized spacial score (nSPS) is 17.1. The molecule has 5 nitrogen and oxygen atoms in total. The largest absolute Gasteiger partial charge is 0.490 e. The van der Waals surface area contributed by atoms with E-state index in [0.29, 0.717) is 24.3 Å². The smallest absolute Gasteiger partial charge is 0.272 e. The van der Waals surface area contributed by atoms with E-state index in [1.54, 1.807) is 18.2 Å². The summed E-state index contributed by atoms with van der Waals surface area (Å²) in [5, 5.41) is 7.37. The number of aromatic nitrogens is 2. The van der Waals surface area contributed by atoms with Gasteiger partial charge in [0.15, 0.2) is 11.6 Å². The van der Waals surface area contributed by atoms with Gasteiger partial charge in [-0.1, -0.05) is 12.1 Å².